The number of nitrogens with two attached hydrogens (primary N) is 1. The molecule has 2 aromatic rings. The van der Waals surface area contributed by atoms with Crippen molar-refractivity contribution >= 4 is 27.4 Å². The SMILES string of the molecule is Cc1ccc(S(=O)(=O)Oc2ccc(Cl)cc2)cc1N. The maximum absolute atomic E-state index is 12.0. The summed E-state index contributed by atoms with van der Waals surface area (Å²) in [6, 6.07) is 10.5. The minimum atomic E-state index is -3.89. The van der Waals surface area contributed by atoms with Crippen molar-refractivity contribution in [3.63, 3.8) is 0 Å². The van der Waals surface area contributed by atoms with E-state index in [0.29, 0.717) is 10.7 Å². The van der Waals surface area contributed by atoms with Crippen LogP contribution in [0.2, 0.25) is 5.02 Å². The molecule has 2 aromatic carbocycles. The molecule has 0 unspecified atom stereocenters. The lowest BCUT2D eigenvalue weighted by Gasteiger charge is -2.08. The molecule has 0 fully saturated rings. The van der Waals surface area contributed by atoms with E-state index in [9.17, 15) is 8.42 Å². The first-order valence-electron chi connectivity index (χ1n) is 5.45. The maximum Gasteiger partial charge on any atom is 0.339 e. The molecule has 0 radical (unpaired) electrons. The molecule has 6 heteroatoms. The summed E-state index contributed by atoms with van der Waals surface area (Å²) in [6.07, 6.45) is 0. The second-order valence-corrected chi connectivity index (χ2v) is 5.99. The van der Waals surface area contributed by atoms with Crippen LogP contribution < -0.4 is 9.92 Å². The highest BCUT2D eigenvalue weighted by Crippen LogP contribution is 2.23. The second kappa shape index (κ2) is 5.11. The third-order valence-corrected chi connectivity index (χ3v) is 4.05. The Balaban J connectivity index is 2.32. The van der Waals surface area contributed by atoms with Gasteiger partial charge in [-0.25, -0.2) is 0 Å². The third-order valence-electron chi connectivity index (χ3n) is 2.56. The zero-order valence-electron chi connectivity index (χ0n) is 10.1. The van der Waals surface area contributed by atoms with Gasteiger partial charge in [0.25, 0.3) is 0 Å². The summed E-state index contributed by atoms with van der Waals surface area (Å²) >= 11 is 5.72. The lowest BCUT2D eigenvalue weighted by atomic mass is 10.2. The van der Waals surface area contributed by atoms with Crippen LogP contribution in [0.3, 0.4) is 0 Å². The summed E-state index contributed by atoms with van der Waals surface area (Å²) in [5, 5.41) is 0.504. The lowest BCUT2D eigenvalue weighted by Crippen LogP contribution is -2.10. The number of aryl methyl sites for hydroxylation is 1. The first-order valence-corrected chi connectivity index (χ1v) is 7.23. The molecule has 19 heavy (non-hydrogen) atoms. The fourth-order valence-electron chi connectivity index (χ4n) is 1.44. The average molecular weight is 298 g/mol. The Kier molecular flexibility index (Phi) is 3.68. The van der Waals surface area contributed by atoms with Crippen molar-refractivity contribution in [1.29, 1.82) is 0 Å². The predicted octanol–water partition coefficient (Wildman–Crippen LogP) is 3.00. The van der Waals surface area contributed by atoms with Crippen LogP contribution >= 0.6 is 11.6 Å². The number of hydrogen-bond acceptors (Lipinski definition) is 4. The van der Waals surface area contributed by atoms with E-state index in [2.05, 4.69) is 0 Å². The summed E-state index contributed by atoms with van der Waals surface area (Å²) in [4.78, 5) is 0.0190. The monoisotopic (exact) mass is 297 g/mol. The van der Waals surface area contributed by atoms with Gasteiger partial charge in [0.1, 0.15) is 10.6 Å². The van der Waals surface area contributed by atoms with E-state index in [1.807, 2.05) is 0 Å². The Labute approximate surface area is 116 Å². The first-order chi connectivity index (χ1) is 8.88. The van der Waals surface area contributed by atoms with Crippen LogP contribution in [-0.2, 0) is 10.1 Å². The summed E-state index contributed by atoms with van der Waals surface area (Å²) < 4.78 is 29.1. The van der Waals surface area contributed by atoms with Gasteiger partial charge in [0.05, 0.1) is 0 Å². The van der Waals surface area contributed by atoms with Gasteiger partial charge in [-0.15, -0.1) is 0 Å². The van der Waals surface area contributed by atoms with E-state index in [1.165, 1.54) is 24.3 Å². The van der Waals surface area contributed by atoms with Gasteiger partial charge in [0.2, 0.25) is 0 Å². The molecule has 2 rings (SSSR count). The van der Waals surface area contributed by atoms with E-state index in [0.717, 1.165) is 5.56 Å². The molecule has 2 N–H and O–H groups in total. The normalized spacial score (nSPS) is 11.3. The molecule has 100 valence electrons. The van der Waals surface area contributed by atoms with Gasteiger partial charge in [-0.3, -0.25) is 0 Å². The van der Waals surface area contributed by atoms with Crippen molar-refractivity contribution in [2.24, 2.45) is 0 Å². The van der Waals surface area contributed by atoms with Crippen LogP contribution in [0.15, 0.2) is 47.4 Å². The fraction of sp³-hybridized carbons (Fsp3) is 0.0769. The second-order valence-electron chi connectivity index (χ2n) is 4.01. The van der Waals surface area contributed by atoms with Crippen molar-refractivity contribution < 1.29 is 12.6 Å². The minimum Gasteiger partial charge on any atom is -0.398 e. The van der Waals surface area contributed by atoms with Crippen molar-refractivity contribution in [2.75, 3.05) is 5.73 Å². The van der Waals surface area contributed by atoms with Gasteiger partial charge in [0, 0.05) is 10.7 Å². The molecule has 0 aliphatic rings. The summed E-state index contributed by atoms with van der Waals surface area (Å²) in [6.45, 7) is 1.80. The lowest BCUT2D eigenvalue weighted by molar-refractivity contribution is 0.486. The largest absolute Gasteiger partial charge is 0.398 e. The van der Waals surface area contributed by atoms with Gasteiger partial charge in [0.15, 0.2) is 0 Å². The number of benzene rings is 2. The standard InChI is InChI=1S/C13H12ClNO3S/c1-9-2-7-12(8-13(9)15)19(16,17)18-11-5-3-10(14)4-6-11/h2-8H,15H2,1H3. The molecule has 0 bridgehead atoms. The molecule has 0 atom stereocenters. The molecule has 0 heterocycles. The highest BCUT2D eigenvalue weighted by Gasteiger charge is 2.17. The van der Waals surface area contributed by atoms with Crippen molar-refractivity contribution in [3.05, 3.63) is 53.1 Å². The number of halogens is 1. The Bertz CT molecular complexity index is 696. The topological polar surface area (TPSA) is 69.4 Å². The van der Waals surface area contributed by atoms with Crippen LogP contribution in [0, 0.1) is 6.92 Å². The van der Waals surface area contributed by atoms with Crippen LogP contribution in [0.5, 0.6) is 5.75 Å². The van der Waals surface area contributed by atoms with E-state index < -0.39 is 10.1 Å². The average Bonchev–Trinajstić information content (AvgIpc) is 2.35. The van der Waals surface area contributed by atoms with E-state index in [4.69, 9.17) is 21.5 Å². The molecule has 0 aromatic heterocycles. The zero-order chi connectivity index (χ0) is 14.0. The van der Waals surface area contributed by atoms with Crippen molar-refractivity contribution in [2.45, 2.75) is 11.8 Å². The van der Waals surface area contributed by atoms with Crippen LogP contribution in [0.4, 0.5) is 5.69 Å². The third kappa shape index (κ3) is 3.19. The van der Waals surface area contributed by atoms with Crippen LogP contribution in [-0.4, -0.2) is 8.42 Å². The first kappa shape index (κ1) is 13.7. The Hall–Kier alpha value is -1.72. The maximum atomic E-state index is 12.0. The summed E-state index contributed by atoms with van der Waals surface area (Å²) in [7, 11) is -3.89. The number of rotatable bonds is 3. The van der Waals surface area contributed by atoms with Crippen molar-refractivity contribution in [3.8, 4) is 5.75 Å². The van der Waals surface area contributed by atoms with Crippen LogP contribution in [0.1, 0.15) is 5.56 Å². The number of hydrogen-bond donors (Lipinski definition) is 1. The molecule has 0 saturated carbocycles. The van der Waals surface area contributed by atoms with Gasteiger partial charge in [-0.1, -0.05) is 17.7 Å². The predicted molar refractivity (Wildman–Crippen MR) is 74.9 cm³/mol. The Morgan fingerprint density at radius 2 is 1.74 bits per heavy atom. The zero-order valence-corrected chi connectivity index (χ0v) is 11.7. The Morgan fingerprint density at radius 3 is 2.32 bits per heavy atom. The van der Waals surface area contributed by atoms with Gasteiger partial charge >= 0.3 is 10.1 Å². The highest BCUT2D eigenvalue weighted by molar-refractivity contribution is 7.87. The molecule has 0 aliphatic heterocycles. The molecule has 4 nitrogen and oxygen atoms in total. The summed E-state index contributed by atoms with van der Waals surface area (Å²) in [5.41, 5.74) is 6.91. The van der Waals surface area contributed by atoms with Crippen molar-refractivity contribution in [1.82, 2.24) is 0 Å². The highest BCUT2D eigenvalue weighted by atomic mass is 35.5. The molecule has 0 saturated heterocycles. The van der Waals surface area contributed by atoms with Gasteiger partial charge in [-0.05, 0) is 48.9 Å². The van der Waals surface area contributed by atoms with E-state index in [1.54, 1.807) is 25.1 Å². The quantitative estimate of drug-likeness (QED) is 0.698. The van der Waals surface area contributed by atoms with E-state index in [-0.39, 0.29) is 10.6 Å². The molecule has 0 spiro atoms. The summed E-state index contributed by atoms with van der Waals surface area (Å²) in [5.74, 6) is 0.198. The van der Waals surface area contributed by atoms with Gasteiger partial charge in [-0.2, -0.15) is 8.42 Å². The van der Waals surface area contributed by atoms with Crippen LogP contribution in [0.25, 0.3) is 0 Å². The van der Waals surface area contributed by atoms with Gasteiger partial charge < -0.3 is 9.92 Å². The minimum absolute atomic E-state index is 0.0190. The molecule has 0 aliphatic carbocycles. The number of nitrogen functional groups attached to an aromatic ring is 1. The fourth-order valence-corrected chi connectivity index (χ4v) is 2.53. The van der Waals surface area contributed by atoms with E-state index >= 15 is 0 Å². The smallest absolute Gasteiger partial charge is 0.339 e. The number of anilines is 1. The molecule has 0 amide bonds. The molecular weight excluding hydrogens is 286 g/mol. The molecular formula is C13H12ClNO3S. The Morgan fingerprint density at radius 1 is 1.11 bits per heavy atom.